The molecule has 1 aliphatic heterocycles. The molecule has 38 heavy (non-hydrogen) atoms. The average molecular weight is 530 g/mol. The van der Waals surface area contributed by atoms with E-state index in [1.165, 1.54) is 36.4 Å². The summed E-state index contributed by atoms with van der Waals surface area (Å²) < 4.78 is 98.9. The van der Waals surface area contributed by atoms with Gasteiger partial charge in [0.05, 0.1) is 17.0 Å². The van der Waals surface area contributed by atoms with E-state index in [1.54, 1.807) is 0 Å². The fraction of sp³-hybridized carbons (Fsp3) is 0. The topological polar surface area (TPSA) is 68.6 Å². The van der Waals surface area contributed by atoms with Crippen LogP contribution in [-0.4, -0.2) is 20.9 Å². The molecule has 3 N–H and O–H groups in total. The Bertz CT molecular complexity index is 1690. The normalized spacial score (nSPS) is 14.2. The minimum atomic E-state index is -2.35. The van der Waals surface area contributed by atoms with Crippen molar-refractivity contribution in [3.8, 4) is 22.8 Å². The summed E-state index contributed by atoms with van der Waals surface area (Å²) in [5.74, 6) is -13.4. The van der Waals surface area contributed by atoms with E-state index in [-0.39, 0.29) is 33.9 Å². The molecule has 1 aliphatic rings. The first-order valence-electron chi connectivity index (χ1n) is 10.8. The molecule has 0 atom stereocenters. The van der Waals surface area contributed by atoms with Gasteiger partial charge in [0.2, 0.25) is 5.82 Å². The van der Waals surface area contributed by atoms with Crippen molar-refractivity contribution < 1.29 is 40.9 Å². The molecule has 0 saturated carbocycles. The van der Waals surface area contributed by atoms with Crippen LogP contribution in [0.4, 0.5) is 30.7 Å². The minimum Gasteiger partial charge on any atom is -0.507 e. The highest BCUT2D eigenvalue weighted by atomic mass is 19.2. The molecule has 0 fully saturated rings. The standard InChI is InChI=1S/C27H13F7N2O2/c28-11-1-3-13(19(37)9-11)15-5-7-17(35-15)21(22-23(30)25(32)27(34)26(33)24(22)31)18-8-6-16(36-18)14-4-2-12(29)10-20(14)38/h1-10,35,37-38H/b21-18+. The van der Waals surface area contributed by atoms with E-state index >= 15 is 0 Å². The molecule has 0 radical (unpaired) electrons. The quantitative estimate of drug-likeness (QED) is 0.153. The van der Waals surface area contributed by atoms with E-state index < -0.39 is 63.4 Å². The number of H-pyrrole nitrogens is 1. The smallest absolute Gasteiger partial charge is 0.200 e. The number of hydrogen-bond acceptors (Lipinski definition) is 3. The molecule has 0 saturated heterocycles. The highest BCUT2D eigenvalue weighted by molar-refractivity contribution is 6.13. The number of nitrogens with zero attached hydrogens (tertiary/aromatic N) is 1. The van der Waals surface area contributed by atoms with Crippen molar-refractivity contribution >= 4 is 11.3 Å². The summed E-state index contributed by atoms with van der Waals surface area (Å²) >= 11 is 0. The lowest BCUT2D eigenvalue weighted by Crippen LogP contribution is -2.08. The molecule has 5 rings (SSSR count). The minimum absolute atomic E-state index is 0.0156. The van der Waals surface area contributed by atoms with Crippen LogP contribution in [-0.2, 0) is 0 Å². The number of aliphatic imine (C=N–C) groups is 1. The Kier molecular flexibility index (Phi) is 6.06. The van der Waals surface area contributed by atoms with Crippen LogP contribution in [0, 0.1) is 40.7 Å². The lowest BCUT2D eigenvalue weighted by atomic mass is 9.98. The highest BCUT2D eigenvalue weighted by Crippen LogP contribution is 2.38. The molecule has 4 aromatic rings. The van der Waals surface area contributed by atoms with E-state index in [9.17, 15) is 40.9 Å². The zero-order chi connectivity index (χ0) is 27.3. The third-order valence-corrected chi connectivity index (χ3v) is 5.80. The van der Waals surface area contributed by atoms with Gasteiger partial charge in [-0.3, -0.25) is 0 Å². The number of aromatic nitrogens is 1. The number of phenolic OH excluding ortho intramolecular Hbond substituents is 2. The fourth-order valence-electron chi connectivity index (χ4n) is 4.03. The maximum atomic E-state index is 15.0. The number of nitrogens with one attached hydrogen (secondary N) is 1. The Labute approximate surface area is 209 Å². The van der Waals surface area contributed by atoms with Gasteiger partial charge in [-0.2, -0.15) is 0 Å². The second-order valence-corrected chi connectivity index (χ2v) is 8.14. The third kappa shape index (κ3) is 4.11. The molecule has 0 spiro atoms. The molecular weight excluding hydrogens is 517 g/mol. The van der Waals surface area contributed by atoms with Crippen molar-refractivity contribution in [2.24, 2.45) is 4.99 Å². The molecule has 3 aromatic carbocycles. The lowest BCUT2D eigenvalue weighted by Gasteiger charge is -2.13. The van der Waals surface area contributed by atoms with E-state index in [4.69, 9.17) is 0 Å². The molecule has 0 bridgehead atoms. The average Bonchev–Trinajstić information content (AvgIpc) is 3.55. The Morgan fingerprint density at radius 2 is 1.18 bits per heavy atom. The second-order valence-electron chi connectivity index (χ2n) is 8.14. The van der Waals surface area contributed by atoms with Crippen LogP contribution in [0.2, 0.25) is 0 Å². The van der Waals surface area contributed by atoms with Gasteiger partial charge in [0.1, 0.15) is 23.1 Å². The number of phenols is 2. The first kappa shape index (κ1) is 24.9. The summed E-state index contributed by atoms with van der Waals surface area (Å²) in [6.07, 6.45) is 2.51. The van der Waals surface area contributed by atoms with Gasteiger partial charge < -0.3 is 15.2 Å². The molecule has 11 heteroatoms. The Hall–Kier alpha value is -4.80. The van der Waals surface area contributed by atoms with Crippen molar-refractivity contribution in [1.29, 1.82) is 0 Å². The van der Waals surface area contributed by atoms with E-state index in [2.05, 4.69) is 9.98 Å². The molecule has 0 unspecified atom stereocenters. The van der Waals surface area contributed by atoms with Gasteiger partial charge in [-0.25, -0.2) is 35.7 Å². The summed E-state index contributed by atoms with van der Waals surface area (Å²) in [4.78, 5) is 6.92. The van der Waals surface area contributed by atoms with E-state index in [0.29, 0.717) is 0 Å². The van der Waals surface area contributed by atoms with Crippen LogP contribution in [0.5, 0.6) is 11.5 Å². The first-order chi connectivity index (χ1) is 18.1. The van der Waals surface area contributed by atoms with Gasteiger partial charge in [-0.15, -0.1) is 0 Å². The number of aromatic hydroxyl groups is 2. The monoisotopic (exact) mass is 530 g/mol. The maximum Gasteiger partial charge on any atom is 0.200 e. The van der Waals surface area contributed by atoms with Crippen molar-refractivity contribution in [3.05, 3.63) is 124 Å². The van der Waals surface area contributed by atoms with Crippen LogP contribution in [0.15, 0.2) is 71.4 Å². The summed E-state index contributed by atoms with van der Waals surface area (Å²) in [5.41, 5.74) is -1.99. The third-order valence-electron chi connectivity index (χ3n) is 5.80. The zero-order valence-electron chi connectivity index (χ0n) is 18.8. The van der Waals surface area contributed by atoms with E-state index in [1.807, 2.05) is 0 Å². The van der Waals surface area contributed by atoms with Crippen molar-refractivity contribution in [1.82, 2.24) is 4.98 Å². The van der Waals surface area contributed by atoms with Gasteiger partial charge in [-0.1, -0.05) is 0 Å². The van der Waals surface area contributed by atoms with Crippen LogP contribution in [0.25, 0.3) is 16.8 Å². The molecule has 0 amide bonds. The summed E-state index contributed by atoms with van der Waals surface area (Å²) in [6, 6.07) is 8.71. The molecule has 2 heterocycles. The van der Waals surface area contributed by atoms with Gasteiger partial charge in [-0.05, 0) is 48.6 Å². The van der Waals surface area contributed by atoms with Crippen molar-refractivity contribution in [2.75, 3.05) is 0 Å². The molecule has 192 valence electrons. The van der Waals surface area contributed by atoms with Gasteiger partial charge in [0, 0.05) is 40.2 Å². The number of rotatable bonds is 4. The van der Waals surface area contributed by atoms with Crippen LogP contribution < -0.4 is 0 Å². The fourth-order valence-corrected chi connectivity index (χ4v) is 4.03. The largest absolute Gasteiger partial charge is 0.507 e. The number of benzene rings is 3. The predicted octanol–water partition coefficient (Wildman–Crippen LogP) is 6.89. The Morgan fingerprint density at radius 3 is 1.76 bits per heavy atom. The zero-order valence-corrected chi connectivity index (χ0v) is 18.8. The van der Waals surface area contributed by atoms with Crippen LogP contribution >= 0.6 is 0 Å². The summed E-state index contributed by atoms with van der Waals surface area (Å²) in [5, 5.41) is 20.2. The highest BCUT2D eigenvalue weighted by Gasteiger charge is 2.31. The Morgan fingerprint density at radius 1 is 0.632 bits per heavy atom. The summed E-state index contributed by atoms with van der Waals surface area (Å²) in [7, 11) is 0. The van der Waals surface area contributed by atoms with E-state index in [0.717, 1.165) is 24.3 Å². The number of allylic oxidation sites excluding steroid dienone is 2. The number of halogens is 7. The number of hydrogen-bond donors (Lipinski definition) is 3. The van der Waals surface area contributed by atoms with Gasteiger partial charge >= 0.3 is 0 Å². The molecular formula is C27H13F7N2O2. The van der Waals surface area contributed by atoms with Crippen LogP contribution in [0.1, 0.15) is 16.8 Å². The first-order valence-corrected chi connectivity index (χ1v) is 10.8. The molecule has 4 nitrogen and oxygen atoms in total. The summed E-state index contributed by atoms with van der Waals surface area (Å²) in [6.45, 7) is 0. The number of aromatic amines is 1. The van der Waals surface area contributed by atoms with Gasteiger partial charge in [0.15, 0.2) is 23.3 Å². The van der Waals surface area contributed by atoms with Crippen molar-refractivity contribution in [3.63, 3.8) is 0 Å². The van der Waals surface area contributed by atoms with Gasteiger partial charge in [0.25, 0.3) is 0 Å². The molecule has 1 aromatic heterocycles. The second kappa shape index (κ2) is 9.25. The molecule has 0 aliphatic carbocycles. The Balaban J connectivity index is 1.76. The van der Waals surface area contributed by atoms with Crippen molar-refractivity contribution in [2.45, 2.75) is 0 Å². The lowest BCUT2D eigenvalue weighted by molar-refractivity contribution is 0.376. The maximum absolute atomic E-state index is 15.0. The predicted molar refractivity (Wildman–Crippen MR) is 124 cm³/mol. The SMILES string of the molecule is Oc1cc(F)ccc1C1=N/C(=C(\c2ccc(-c3ccc(F)cc3O)[nH]2)c2c(F)c(F)c(F)c(F)c2F)C=C1. The van der Waals surface area contributed by atoms with Crippen LogP contribution in [0.3, 0.4) is 0 Å².